The Bertz CT molecular complexity index is 824. The Morgan fingerprint density at radius 1 is 1.21 bits per heavy atom. The Labute approximate surface area is 178 Å². The van der Waals surface area contributed by atoms with Crippen LogP contribution in [0.5, 0.6) is 0 Å². The molecule has 0 heterocycles. The van der Waals surface area contributed by atoms with Crippen molar-refractivity contribution < 1.29 is 13.9 Å². The molecule has 0 aromatic heterocycles. The van der Waals surface area contributed by atoms with E-state index < -0.39 is 0 Å². The van der Waals surface area contributed by atoms with Gasteiger partial charge in [-0.1, -0.05) is 38.1 Å². The lowest BCUT2D eigenvalue weighted by atomic mass is 9.98. The van der Waals surface area contributed by atoms with Gasteiger partial charge in [0.1, 0.15) is 5.82 Å². The molecule has 0 amide bonds. The number of carbonyl (C=O) groups excluding carboxylic acids is 1. The molecule has 1 atom stereocenters. The lowest BCUT2D eigenvalue weighted by molar-refractivity contribution is -0.144. The zero-order chi connectivity index (χ0) is 21.4. The van der Waals surface area contributed by atoms with Crippen LogP contribution in [0.1, 0.15) is 38.3 Å². The third kappa shape index (κ3) is 7.13. The lowest BCUT2D eigenvalue weighted by Crippen LogP contribution is -2.46. The number of hydrogen-bond acceptors (Lipinski definition) is 3. The Morgan fingerprint density at radius 2 is 1.90 bits per heavy atom. The van der Waals surface area contributed by atoms with Crippen molar-refractivity contribution in [2.75, 3.05) is 11.9 Å². The second-order valence-electron chi connectivity index (χ2n) is 7.37. The molecule has 0 aliphatic carbocycles. The predicted molar refractivity (Wildman–Crippen MR) is 119 cm³/mol. The number of carbonyl (C=O) groups is 1. The van der Waals surface area contributed by atoms with Gasteiger partial charge in [-0.15, -0.1) is 0 Å². The highest BCUT2D eigenvalue weighted by molar-refractivity contribution is 7.80. The van der Waals surface area contributed by atoms with Crippen LogP contribution in [0.2, 0.25) is 0 Å². The highest BCUT2D eigenvalue weighted by Crippen LogP contribution is 2.21. The third-order valence-electron chi connectivity index (χ3n) is 4.65. The fraction of sp³-hybridized carbons (Fsp3) is 0.391. The lowest BCUT2D eigenvalue weighted by Gasteiger charge is -2.36. The summed E-state index contributed by atoms with van der Waals surface area (Å²) in [5.74, 6) is -0.390. The number of hydrogen-bond donors (Lipinski definition) is 1. The largest absolute Gasteiger partial charge is 0.466 e. The molecule has 29 heavy (non-hydrogen) atoms. The second-order valence-corrected chi connectivity index (χ2v) is 7.76. The van der Waals surface area contributed by atoms with Gasteiger partial charge in [-0.2, -0.15) is 0 Å². The summed E-state index contributed by atoms with van der Waals surface area (Å²) in [6.45, 7) is 8.71. The van der Waals surface area contributed by atoms with E-state index in [1.54, 1.807) is 19.1 Å². The Balaban J connectivity index is 2.29. The molecule has 6 heteroatoms. The summed E-state index contributed by atoms with van der Waals surface area (Å²) in [5, 5.41) is 3.80. The molecular formula is C23H29FN2O2S. The summed E-state index contributed by atoms with van der Waals surface area (Å²) in [6.07, 6.45) is 0.225. The molecule has 2 rings (SSSR count). The number of nitrogens with one attached hydrogen (secondary N) is 1. The first-order chi connectivity index (χ1) is 13.8. The molecule has 0 aliphatic heterocycles. The van der Waals surface area contributed by atoms with Gasteiger partial charge in [0.2, 0.25) is 0 Å². The van der Waals surface area contributed by atoms with E-state index in [0.29, 0.717) is 18.3 Å². The van der Waals surface area contributed by atoms with Gasteiger partial charge in [0, 0.05) is 18.3 Å². The van der Waals surface area contributed by atoms with E-state index in [1.807, 2.05) is 36.1 Å². The van der Waals surface area contributed by atoms with Crippen molar-refractivity contribution in [3.63, 3.8) is 0 Å². The maximum Gasteiger partial charge on any atom is 0.307 e. The van der Waals surface area contributed by atoms with Crippen LogP contribution in [0, 0.1) is 18.7 Å². The van der Waals surface area contributed by atoms with Crippen molar-refractivity contribution in [1.82, 2.24) is 4.90 Å². The van der Waals surface area contributed by atoms with E-state index in [9.17, 15) is 9.18 Å². The molecule has 2 aromatic rings. The van der Waals surface area contributed by atoms with Crippen molar-refractivity contribution >= 4 is 29.0 Å². The molecule has 1 unspecified atom stereocenters. The summed E-state index contributed by atoms with van der Waals surface area (Å²) < 4.78 is 18.5. The van der Waals surface area contributed by atoms with Gasteiger partial charge >= 0.3 is 5.97 Å². The molecule has 0 bridgehead atoms. The second kappa shape index (κ2) is 10.9. The quantitative estimate of drug-likeness (QED) is 0.466. The minimum absolute atomic E-state index is 0.150. The molecule has 0 spiro atoms. The zero-order valence-corrected chi connectivity index (χ0v) is 18.3. The minimum atomic E-state index is -0.285. The number of rotatable bonds is 8. The third-order valence-corrected chi connectivity index (χ3v) is 4.98. The molecule has 0 saturated heterocycles. The van der Waals surface area contributed by atoms with E-state index in [1.165, 1.54) is 12.1 Å². The van der Waals surface area contributed by atoms with E-state index >= 15 is 0 Å². The number of nitrogens with zero attached hydrogens (tertiary/aromatic N) is 1. The van der Waals surface area contributed by atoms with Crippen LogP contribution in [0.4, 0.5) is 10.1 Å². The summed E-state index contributed by atoms with van der Waals surface area (Å²) in [6, 6.07) is 14.1. The number of halogens is 1. The highest BCUT2D eigenvalue weighted by atomic mass is 32.1. The molecule has 0 saturated carbocycles. The van der Waals surface area contributed by atoms with Crippen molar-refractivity contribution in [3.8, 4) is 0 Å². The fourth-order valence-electron chi connectivity index (χ4n) is 3.14. The highest BCUT2D eigenvalue weighted by Gasteiger charge is 2.27. The van der Waals surface area contributed by atoms with Crippen LogP contribution in [0.3, 0.4) is 0 Å². The first kappa shape index (κ1) is 22.8. The summed E-state index contributed by atoms with van der Waals surface area (Å²) in [5.41, 5.74) is 2.92. The first-order valence-corrected chi connectivity index (χ1v) is 10.2. The monoisotopic (exact) mass is 416 g/mol. The van der Waals surface area contributed by atoms with Gasteiger partial charge < -0.3 is 15.0 Å². The van der Waals surface area contributed by atoms with E-state index in [4.69, 9.17) is 17.0 Å². The van der Waals surface area contributed by atoms with E-state index in [2.05, 4.69) is 19.2 Å². The molecule has 156 valence electrons. The number of ether oxygens (including phenoxy) is 1. The van der Waals surface area contributed by atoms with Gasteiger partial charge in [0.15, 0.2) is 5.11 Å². The maximum absolute atomic E-state index is 13.3. The number of anilines is 1. The Kier molecular flexibility index (Phi) is 8.58. The summed E-state index contributed by atoms with van der Waals surface area (Å²) in [7, 11) is 0. The standard InChI is InChI=1S/C23H29FN2O2S/c1-5-28-22(27)14-21(16(2)3)26(15-18-9-11-19(24)12-10-18)23(29)25-20-8-6-7-17(4)13-20/h6-13,16,21H,5,14-15H2,1-4H3,(H,25,29). The van der Waals surface area contributed by atoms with Crippen LogP contribution < -0.4 is 5.32 Å². The molecule has 1 N–H and O–H groups in total. The van der Waals surface area contributed by atoms with Gasteiger partial charge in [0.05, 0.1) is 13.0 Å². The van der Waals surface area contributed by atoms with Gasteiger partial charge in [-0.3, -0.25) is 4.79 Å². The minimum Gasteiger partial charge on any atom is -0.466 e. The van der Waals surface area contributed by atoms with Gasteiger partial charge in [-0.05, 0) is 67.4 Å². The van der Waals surface area contributed by atoms with E-state index in [0.717, 1.165) is 16.8 Å². The van der Waals surface area contributed by atoms with Crippen LogP contribution in [-0.2, 0) is 16.1 Å². The molecule has 4 nitrogen and oxygen atoms in total. The smallest absolute Gasteiger partial charge is 0.307 e. The first-order valence-electron chi connectivity index (χ1n) is 9.84. The van der Waals surface area contributed by atoms with Crippen LogP contribution >= 0.6 is 12.2 Å². The zero-order valence-electron chi connectivity index (χ0n) is 17.4. The molecule has 0 aliphatic rings. The Morgan fingerprint density at radius 3 is 2.48 bits per heavy atom. The number of aryl methyl sites for hydroxylation is 1. The van der Waals surface area contributed by atoms with Gasteiger partial charge in [0.25, 0.3) is 0 Å². The predicted octanol–water partition coefficient (Wildman–Crippen LogP) is 5.31. The maximum atomic E-state index is 13.3. The van der Waals surface area contributed by atoms with Crippen LogP contribution in [0.15, 0.2) is 48.5 Å². The Hall–Kier alpha value is -2.47. The van der Waals surface area contributed by atoms with Crippen molar-refractivity contribution in [1.29, 1.82) is 0 Å². The van der Waals surface area contributed by atoms with Crippen LogP contribution in [0.25, 0.3) is 0 Å². The molecule has 2 aromatic carbocycles. The SMILES string of the molecule is CCOC(=O)CC(C(C)C)N(Cc1ccc(F)cc1)C(=S)Nc1cccc(C)c1. The van der Waals surface area contributed by atoms with Crippen molar-refractivity contribution in [2.24, 2.45) is 5.92 Å². The van der Waals surface area contributed by atoms with Crippen LogP contribution in [-0.4, -0.2) is 28.6 Å². The van der Waals surface area contributed by atoms with Crippen molar-refractivity contribution in [2.45, 2.75) is 46.7 Å². The van der Waals surface area contributed by atoms with Gasteiger partial charge in [-0.25, -0.2) is 4.39 Å². The van der Waals surface area contributed by atoms with E-state index in [-0.39, 0.29) is 30.2 Å². The molecule has 0 radical (unpaired) electrons. The number of benzene rings is 2. The molecule has 0 fully saturated rings. The number of esters is 1. The summed E-state index contributed by atoms with van der Waals surface area (Å²) >= 11 is 5.73. The average molecular weight is 417 g/mol. The molecular weight excluding hydrogens is 387 g/mol. The topological polar surface area (TPSA) is 41.6 Å². The fourth-order valence-corrected chi connectivity index (χ4v) is 3.46. The normalized spacial score (nSPS) is 11.8. The van der Waals surface area contributed by atoms with Crippen molar-refractivity contribution in [3.05, 3.63) is 65.5 Å². The number of thiocarbonyl (C=S) groups is 1. The average Bonchev–Trinajstić information content (AvgIpc) is 2.66. The summed E-state index contributed by atoms with van der Waals surface area (Å²) in [4.78, 5) is 14.2.